The van der Waals surface area contributed by atoms with Crippen LogP contribution in [0.3, 0.4) is 0 Å². The minimum absolute atomic E-state index is 0.0549. The van der Waals surface area contributed by atoms with Crippen LogP contribution in [-0.4, -0.2) is 12.6 Å². The molecule has 29 unspecified atom stereocenters. The minimum atomic E-state index is 0.0549. The molecule has 302 valence electrons. The zero-order valence-corrected chi connectivity index (χ0v) is 35.3. The summed E-state index contributed by atoms with van der Waals surface area (Å²) in [4.78, 5) is 13.6. The average Bonchev–Trinajstić information content (AvgIpc) is 4.03. The SMILES string of the molecule is O=C(CCCC1(c2ccccc2)C2C3CC4CC5CC6CC7CC8CC9=CC%10CC21C1C%10C2C9C9=C8C7C7C6C6C5C4C4C3C1C1C2C9C7C6C41)OCCc1ccsc1. The first-order valence-electron chi connectivity index (χ1n) is 25.8. The highest BCUT2D eigenvalue weighted by Gasteiger charge is 2.94. The van der Waals surface area contributed by atoms with Gasteiger partial charge in [-0.2, -0.15) is 11.3 Å². The molecule has 1 aromatic heterocycles. The van der Waals surface area contributed by atoms with Crippen LogP contribution in [0.2, 0.25) is 0 Å². The molecule has 29 atom stereocenters. The van der Waals surface area contributed by atoms with Crippen molar-refractivity contribution in [3.63, 3.8) is 0 Å². The van der Waals surface area contributed by atoms with Crippen molar-refractivity contribution >= 4 is 17.3 Å². The van der Waals surface area contributed by atoms with Crippen molar-refractivity contribution < 1.29 is 9.53 Å². The second-order valence-corrected chi connectivity index (χ2v) is 26.6. The molecule has 17 aliphatic carbocycles. The molecule has 14 saturated carbocycles. The Labute approximate surface area is 354 Å². The monoisotopic (exact) mass is 796 g/mol. The lowest BCUT2D eigenvalue weighted by Gasteiger charge is -2.61. The third-order valence-corrected chi connectivity index (χ3v) is 26.9. The molecule has 1 aromatic carbocycles. The number of thiophene rings is 1. The van der Waals surface area contributed by atoms with Gasteiger partial charge in [0.15, 0.2) is 0 Å². The average molecular weight is 797 g/mol. The largest absolute Gasteiger partial charge is 0.465 e. The summed E-state index contributed by atoms with van der Waals surface area (Å²) in [6.07, 6.45) is 17.9. The number of carbonyl (C=O) groups excluding carboxylic acids is 1. The number of fused-ring (bicyclic) bond motifs is 1. The van der Waals surface area contributed by atoms with Gasteiger partial charge in [0.2, 0.25) is 0 Å². The number of carbonyl (C=O) groups is 1. The van der Waals surface area contributed by atoms with Crippen molar-refractivity contribution in [2.45, 2.75) is 76.0 Å². The lowest BCUT2D eigenvalue weighted by molar-refractivity contribution is -0.143. The van der Waals surface area contributed by atoms with Gasteiger partial charge in [-0.15, -0.1) is 0 Å². The first-order valence-corrected chi connectivity index (χ1v) is 26.8. The van der Waals surface area contributed by atoms with Gasteiger partial charge in [-0.05, 0) is 245 Å². The Morgan fingerprint density at radius 1 is 0.712 bits per heavy atom. The number of esters is 1. The van der Waals surface area contributed by atoms with E-state index >= 15 is 0 Å². The van der Waals surface area contributed by atoms with Crippen molar-refractivity contribution in [1.29, 1.82) is 0 Å². The molecule has 19 rings (SSSR count). The molecular weight excluding hydrogens is 737 g/mol. The maximum Gasteiger partial charge on any atom is 0.305 e. The molecule has 0 saturated heterocycles. The summed E-state index contributed by atoms with van der Waals surface area (Å²) in [5, 5.41) is 4.34. The van der Waals surface area contributed by atoms with E-state index in [-0.39, 0.29) is 11.4 Å². The van der Waals surface area contributed by atoms with Crippen LogP contribution in [0.4, 0.5) is 0 Å². The van der Waals surface area contributed by atoms with Crippen molar-refractivity contribution in [2.75, 3.05) is 6.61 Å². The first kappa shape index (κ1) is 31.7. The highest BCUT2D eigenvalue weighted by atomic mass is 32.1. The maximum atomic E-state index is 13.6. The van der Waals surface area contributed by atoms with Crippen LogP contribution in [0.25, 0.3) is 0 Å². The third-order valence-electron chi connectivity index (χ3n) is 26.2. The molecule has 2 nitrogen and oxygen atoms in total. The van der Waals surface area contributed by atoms with E-state index in [0.29, 0.717) is 18.4 Å². The number of ether oxygens (including phenoxy) is 1. The fourth-order valence-electron chi connectivity index (χ4n) is 27.4. The van der Waals surface area contributed by atoms with Crippen LogP contribution in [0, 0.1) is 165 Å². The van der Waals surface area contributed by atoms with Gasteiger partial charge in [-0.3, -0.25) is 4.79 Å². The van der Waals surface area contributed by atoms with Crippen LogP contribution in [0.5, 0.6) is 0 Å². The molecule has 1 spiro atoms. The van der Waals surface area contributed by atoms with E-state index in [2.05, 4.69) is 64.4 Å². The van der Waals surface area contributed by atoms with Gasteiger partial charge in [-0.25, -0.2) is 0 Å². The molecular formula is C56H60O2S. The van der Waals surface area contributed by atoms with E-state index in [1.807, 2.05) is 5.57 Å². The molecule has 17 aliphatic rings. The number of hydrogen-bond donors (Lipinski definition) is 0. The number of hydrogen-bond acceptors (Lipinski definition) is 3. The fourth-order valence-corrected chi connectivity index (χ4v) is 28.1. The van der Waals surface area contributed by atoms with Crippen molar-refractivity contribution in [1.82, 2.24) is 0 Å². The zero-order valence-electron chi connectivity index (χ0n) is 34.5. The highest BCUT2D eigenvalue weighted by Crippen LogP contribution is 2.98. The Morgan fingerprint density at radius 3 is 2.32 bits per heavy atom. The van der Waals surface area contributed by atoms with Gasteiger partial charge < -0.3 is 4.74 Å². The molecule has 3 heteroatoms. The molecule has 1 heterocycles. The predicted molar refractivity (Wildman–Crippen MR) is 225 cm³/mol. The van der Waals surface area contributed by atoms with Gasteiger partial charge in [0, 0.05) is 24.2 Å². The Balaban J connectivity index is 0.817. The lowest BCUT2D eigenvalue weighted by atomic mass is 9.43. The second kappa shape index (κ2) is 9.67. The Hall–Kier alpha value is -2.13. The molecule has 0 bridgehead atoms. The molecule has 2 aromatic rings. The first-order chi connectivity index (χ1) is 29.2. The Morgan fingerprint density at radius 2 is 1.46 bits per heavy atom. The lowest BCUT2D eigenvalue weighted by Crippen LogP contribution is -2.58. The van der Waals surface area contributed by atoms with Gasteiger partial charge >= 0.3 is 5.97 Å². The van der Waals surface area contributed by atoms with E-state index < -0.39 is 0 Å². The number of benzene rings is 1. The topological polar surface area (TPSA) is 26.3 Å². The molecule has 0 amide bonds. The Bertz CT molecular complexity index is 2390. The van der Waals surface area contributed by atoms with E-state index in [0.717, 1.165) is 173 Å². The Kier molecular flexibility index (Phi) is 5.19. The van der Waals surface area contributed by atoms with Crippen molar-refractivity contribution in [2.24, 2.45) is 165 Å². The van der Waals surface area contributed by atoms with E-state index in [9.17, 15) is 4.79 Å². The fraction of sp³-hybridized carbons (Fsp3) is 0.732. The van der Waals surface area contributed by atoms with Gasteiger partial charge in [0.05, 0.1) is 6.61 Å². The number of allylic oxidation sites excluding steroid dienone is 4. The minimum Gasteiger partial charge on any atom is -0.465 e. The van der Waals surface area contributed by atoms with Crippen molar-refractivity contribution in [3.05, 3.63) is 81.1 Å². The van der Waals surface area contributed by atoms with E-state index in [4.69, 9.17) is 4.74 Å². The summed E-state index contributed by atoms with van der Waals surface area (Å²) in [6, 6.07) is 14.5. The smallest absolute Gasteiger partial charge is 0.305 e. The molecule has 0 N–H and O–H groups in total. The summed E-state index contributed by atoms with van der Waals surface area (Å²) in [7, 11) is 0. The molecule has 14 fully saturated rings. The highest BCUT2D eigenvalue weighted by molar-refractivity contribution is 7.07. The molecule has 59 heavy (non-hydrogen) atoms. The summed E-state index contributed by atoms with van der Waals surface area (Å²) in [5.74, 6) is 28.0. The van der Waals surface area contributed by atoms with E-state index in [1.165, 1.54) is 24.8 Å². The van der Waals surface area contributed by atoms with Crippen LogP contribution < -0.4 is 0 Å². The molecule has 0 aliphatic heterocycles. The summed E-state index contributed by atoms with van der Waals surface area (Å²) in [6.45, 7) is 0.530. The zero-order chi connectivity index (χ0) is 37.3. The second-order valence-electron chi connectivity index (χ2n) is 25.8. The van der Waals surface area contributed by atoms with Crippen LogP contribution in [0.1, 0.15) is 75.3 Å². The summed E-state index contributed by atoms with van der Waals surface area (Å²) < 4.78 is 5.99. The standard InChI is InChI=1S/C56H60O2S/c57-32(58-11-8-22-9-12-59-21-22)7-4-10-55(30-5-2-1-3-6-30)54-31-19-28-17-25-15-26-14-23-13-24-16-27-18-29-20-56(54,55)53-39(29)44-38(27)43-34(24)33(23)41-37(26)42-35(25)36(28)45-40(31)52(53)51-49(44)47(43)46(41)48(42)50(45)51/h1-3,5-6,9,12,18,21,23-26,28-29,31,33,35-42,44-54H,4,7-8,10-11,13-17,19-20H2. The van der Waals surface area contributed by atoms with E-state index in [1.54, 1.807) is 49.0 Å². The van der Waals surface area contributed by atoms with Gasteiger partial charge in [0.1, 0.15) is 0 Å². The van der Waals surface area contributed by atoms with Gasteiger partial charge in [0.25, 0.3) is 0 Å². The summed E-state index contributed by atoms with van der Waals surface area (Å²) in [5.41, 5.74) is 10.2. The van der Waals surface area contributed by atoms with Crippen LogP contribution in [-0.2, 0) is 21.4 Å². The summed E-state index contributed by atoms with van der Waals surface area (Å²) >= 11 is 1.74. The quantitative estimate of drug-likeness (QED) is 0.196. The predicted octanol–water partition coefficient (Wildman–Crippen LogP) is 10.8. The molecule has 0 radical (unpaired) electrons. The number of rotatable bonds is 8. The normalized spacial score (nSPS) is 64.2. The maximum absolute atomic E-state index is 13.6. The van der Waals surface area contributed by atoms with Crippen LogP contribution in [0.15, 0.2) is 70.0 Å². The van der Waals surface area contributed by atoms with Gasteiger partial charge in [-0.1, -0.05) is 53.1 Å². The van der Waals surface area contributed by atoms with Crippen LogP contribution >= 0.6 is 11.3 Å². The van der Waals surface area contributed by atoms with Crippen molar-refractivity contribution in [3.8, 4) is 0 Å². The third kappa shape index (κ3) is 2.96.